The second kappa shape index (κ2) is 8.46. The number of nitrogens with one attached hydrogen (secondary N) is 1. The summed E-state index contributed by atoms with van der Waals surface area (Å²) in [6.45, 7) is 1.87. The van der Waals surface area contributed by atoms with Crippen molar-refractivity contribution in [1.29, 1.82) is 0 Å². The third-order valence-electron chi connectivity index (χ3n) is 3.74. The summed E-state index contributed by atoms with van der Waals surface area (Å²) in [5.74, 6) is -1.98. The predicted octanol–water partition coefficient (Wildman–Crippen LogP) is 5.70. The van der Waals surface area contributed by atoms with Crippen LogP contribution < -0.4 is 14.8 Å². The van der Waals surface area contributed by atoms with Gasteiger partial charge in [0.05, 0.1) is 5.69 Å². The maximum Gasteiger partial charge on any atom is 0.573 e. The number of carbonyl (C=O) groups is 2. The average Bonchev–Trinajstić information content (AvgIpc) is 3.05. The number of carbonyl (C=O) groups excluding carboxylic acids is 1. The second-order valence-electron chi connectivity index (χ2n) is 6.06. The van der Waals surface area contributed by atoms with Crippen molar-refractivity contribution in [2.75, 3.05) is 5.32 Å². The minimum atomic E-state index is -4.82. The monoisotopic (exact) mass is 437 g/mol. The predicted molar refractivity (Wildman–Crippen MR) is 104 cm³/mol. The summed E-state index contributed by atoms with van der Waals surface area (Å²) < 4.78 is 46.1. The number of amides is 1. The summed E-state index contributed by atoms with van der Waals surface area (Å²) in [4.78, 5) is 23.7. The van der Waals surface area contributed by atoms with Crippen molar-refractivity contribution in [3.05, 3.63) is 70.6 Å². The smallest absolute Gasteiger partial charge is 0.477 e. The van der Waals surface area contributed by atoms with Crippen molar-refractivity contribution in [2.24, 2.45) is 0 Å². The number of anilines is 1. The van der Waals surface area contributed by atoms with Gasteiger partial charge in [0.15, 0.2) is 0 Å². The molecule has 0 fully saturated rings. The summed E-state index contributed by atoms with van der Waals surface area (Å²) in [6, 6.07) is 12.6. The van der Waals surface area contributed by atoms with Crippen LogP contribution in [0.3, 0.4) is 0 Å². The van der Waals surface area contributed by atoms with Gasteiger partial charge in [-0.1, -0.05) is 29.0 Å². The molecule has 3 rings (SSSR count). The molecule has 3 aromatic rings. The first-order valence-corrected chi connectivity index (χ1v) is 9.21. The highest BCUT2D eigenvalue weighted by molar-refractivity contribution is 7.16. The molecule has 0 saturated carbocycles. The number of ether oxygens (including phenoxy) is 2. The normalized spacial score (nSPS) is 11.1. The van der Waals surface area contributed by atoms with Crippen LogP contribution in [0.5, 0.6) is 16.6 Å². The van der Waals surface area contributed by atoms with Crippen LogP contribution in [0, 0.1) is 6.92 Å². The van der Waals surface area contributed by atoms with Crippen molar-refractivity contribution >= 4 is 28.9 Å². The molecule has 0 radical (unpaired) electrons. The zero-order valence-electron chi connectivity index (χ0n) is 15.3. The molecule has 0 aliphatic rings. The largest absolute Gasteiger partial charge is 0.573 e. The lowest BCUT2D eigenvalue weighted by Crippen LogP contribution is -2.16. The Kier molecular flexibility index (Phi) is 5.97. The van der Waals surface area contributed by atoms with Gasteiger partial charge in [-0.3, -0.25) is 4.79 Å². The molecular weight excluding hydrogens is 423 g/mol. The van der Waals surface area contributed by atoms with Crippen molar-refractivity contribution in [3.63, 3.8) is 0 Å². The number of hydrogen-bond donors (Lipinski definition) is 2. The molecule has 6 nitrogen and oxygen atoms in total. The van der Waals surface area contributed by atoms with E-state index in [-0.39, 0.29) is 21.4 Å². The van der Waals surface area contributed by atoms with Gasteiger partial charge >= 0.3 is 12.3 Å². The van der Waals surface area contributed by atoms with Gasteiger partial charge < -0.3 is 19.9 Å². The average molecular weight is 437 g/mol. The van der Waals surface area contributed by atoms with Gasteiger partial charge in [0.2, 0.25) is 5.06 Å². The molecule has 0 saturated heterocycles. The molecular formula is C20H14F3NO5S. The maximum atomic E-state index is 12.5. The molecule has 0 spiro atoms. The van der Waals surface area contributed by atoms with Crippen LogP contribution >= 0.6 is 11.3 Å². The molecule has 2 aromatic carbocycles. The standard InChI is InChI=1S/C20H14F3NO5S/c1-11-2-4-12(5-3-11)17(25)24-15-10-16(18(26)27)30-19(15)28-13-6-8-14(9-7-13)29-20(21,22)23/h2-10H,1H3,(H,24,25)(H,26,27). The quantitative estimate of drug-likeness (QED) is 0.517. The van der Waals surface area contributed by atoms with E-state index >= 15 is 0 Å². The van der Waals surface area contributed by atoms with Crippen LogP contribution in [0.4, 0.5) is 18.9 Å². The van der Waals surface area contributed by atoms with E-state index in [1.54, 1.807) is 24.3 Å². The molecule has 156 valence electrons. The minimum absolute atomic E-state index is 0.0670. The van der Waals surface area contributed by atoms with E-state index in [0.717, 1.165) is 29.0 Å². The van der Waals surface area contributed by atoms with Gasteiger partial charge in [0, 0.05) is 5.56 Å². The fourth-order valence-corrected chi connectivity index (χ4v) is 3.18. The van der Waals surface area contributed by atoms with Gasteiger partial charge in [0.25, 0.3) is 5.91 Å². The number of alkyl halides is 3. The van der Waals surface area contributed by atoms with Crippen LogP contribution in [0.25, 0.3) is 0 Å². The maximum absolute atomic E-state index is 12.5. The number of carboxylic acid groups (broad SMARTS) is 1. The molecule has 0 atom stereocenters. The second-order valence-corrected chi connectivity index (χ2v) is 7.07. The van der Waals surface area contributed by atoms with Gasteiger partial charge in [-0.25, -0.2) is 4.79 Å². The van der Waals surface area contributed by atoms with E-state index in [1.165, 1.54) is 18.2 Å². The molecule has 0 aliphatic heterocycles. The van der Waals surface area contributed by atoms with E-state index in [4.69, 9.17) is 4.74 Å². The summed E-state index contributed by atoms with van der Waals surface area (Å²) in [5.41, 5.74) is 1.46. The van der Waals surface area contributed by atoms with Crippen molar-refractivity contribution < 1.29 is 37.3 Å². The molecule has 1 amide bonds. The Morgan fingerprint density at radius 1 is 1.00 bits per heavy atom. The van der Waals surface area contributed by atoms with Crippen molar-refractivity contribution in [1.82, 2.24) is 0 Å². The lowest BCUT2D eigenvalue weighted by molar-refractivity contribution is -0.274. The van der Waals surface area contributed by atoms with Gasteiger partial charge in [-0.2, -0.15) is 0 Å². The number of halogens is 3. The fourth-order valence-electron chi connectivity index (χ4n) is 2.36. The van der Waals surface area contributed by atoms with Crippen LogP contribution in [-0.2, 0) is 0 Å². The Balaban J connectivity index is 1.81. The van der Waals surface area contributed by atoms with Crippen molar-refractivity contribution in [3.8, 4) is 16.6 Å². The van der Waals surface area contributed by atoms with Gasteiger partial charge in [-0.05, 0) is 49.4 Å². The third kappa shape index (κ3) is 5.51. The number of thiophene rings is 1. The molecule has 0 unspecified atom stereocenters. The molecule has 10 heteroatoms. The van der Waals surface area contributed by atoms with E-state index in [2.05, 4.69) is 10.1 Å². The number of carboxylic acids is 1. The first-order valence-electron chi connectivity index (χ1n) is 8.39. The number of benzene rings is 2. The topological polar surface area (TPSA) is 84.9 Å². The zero-order chi connectivity index (χ0) is 21.9. The third-order valence-corrected chi connectivity index (χ3v) is 4.74. The van der Waals surface area contributed by atoms with Crippen molar-refractivity contribution in [2.45, 2.75) is 13.3 Å². The Labute approximate surface area is 172 Å². The highest BCUT2D eigenvalue weighted by atomic mass is 32.1. The van der Waals surface area contributed by atoms with Gasteiger partial charge in [-0.15, -0.1) is 13.2 Å². The van der Waals surface area contributed by atoms with E-state index < -0.39 is 24.0 Å². The van der Waals surface area contributed by atoms with Crippen LogP contribution in [0.15, 0.2) is 54.6 Å². The molecule has 30 heavy (non-hydrogen) atoms. The minimum Gasteiger partial charge on any atom is -0.477 e. The Bertz CT molecular complexity index is 1060. The molecule has 1 aromatic heterocycles. The molecule has 2 N–H and O–H groups in total. The number of aromatic carboxylic acids is 1. The number of aryl methyl sites for hydroxylation is 1. The van der Waals surface area contributed by atoms with E-state index in [1.807, 2.05) is 6.92 Å². The summed E-state index contributed by atoms with van der Waals surface area (Å²) in [7, 11) is 0. The summed E-state index contributed by atoms with van der Waals surface area (Å²) in [5, 5.41) is 11.9. The Hall–Kier alpha value is -3.53. The highest BCUT2D eigenvalue weighted by Crippen LogP contribution is 2.39. The zero-order valence-corrected chi connectivity index (χ0v) is 16.1. The van der Waals surface area contributed by atoms with Crippen LogP contribution in [-0.4, -0.2) is 23.3 Å². The molecule has 0 aliphatic carbocycles. The van der Waals surface area contributed by atoms with Crippen LogP contribution in [0.1, 0.15) is 25.6 Å². The Morgan fingerprint density at radius 2 is 1.60 bits per heavy atom. The fraction of sp³-hybridized carbons (Fsp3) is 0.100. The van der Waals surface area contributed by atoms with E-state index in [0.29, 0.717) is 5.56 Å². The van der Waals surface area contributed by atoms with E-state index in [9.17, 15) is 27.9 Å². The number of rotatable bonds is 6. The Morgan fingerprint density at radius 3 is 2.17 bits per heavy atom. The first-order chi connectivity index (χ1) is 14.1. The lowest BCUT2D eigenvalue weighted by Gasteiger charge is -2.10. The summed E-state index contributed by atoms with van der Waals surface area (Å²) in [6.07, 6.45) is -4.82. The molecule has 1 heterocycles. The summed E-state index contributed by atoms with van der Waals surface area (Å²) >= 11 is 0.769. The highest BCUT2D eigenvalue weighted by Gasteiger charge is 2.31. The van der Waals surface area contributed by atoms with Gasteiger partial charge in [0.1, 0.15) is 16.4 Å². The first kappa shape index (κ1) is 21.2. The lowest BCUT2D eigenvalue weighted by atomic mass is 10.1. The van der Waals surface area contributed by atoms with Crippen LogP contribution in [0.2, 0.25) is 0 Å². The number of hydrogen-bond acceptors (Lipinski definition) is 5. The SMILES string of the molecule is Cc1ccc(C(=O)Nc2cc(C(=O)O)sc2Oc2ccc(OC(F)(F)F)cc2)cc1. The molecule has 0 bridgehead atoms.